The quantitative estimate of drug-likeness (QED) is 0.820. The van der Waals surface area contributed by atoms with Crippen molar-refractivity contribution in [1.29, 1.82) is 0 Å². The highest BCUT2D eigenvalue weighted by Crippen LogP contribution is 2.35. The summed E-state index contributed by atoms with van der Waals surface area (Å²) in [5.41, 5.74) is 7.73. The lowest BCUT2D eigenvalue weighted by molar-refractivity contribution is 0.241. The summed E-state index contributed by atoms with van der Waals surface area (Å²) in [5, 5.41) is 0. The molecular weight excluding hydrogens is 198 g/mol. The lowest BCUT2D eigenvalue weighted by atomic mass is 10.2. The Labute approximate surface area is 96.7 Å². The van der Waals surface area contributed by atoms with Gasteiger partial charge in [-0.2, -0.15) is 0 Å². The summed E-state index contributed by atoms with van der Waals surface area (Å²) in [6.07, 6.45) is 7.40. The van der Waals surface area contributed by atoms with E-state index in [0.29, 0.717) is 0 Å². The standard InChI is InChI=1S/C13H19N3/c14-11-5-6-15-12(7-11)9-16(13-3-4-13)8-10-1-2-10/h5-7,10,13H,1-4,8-9H2,(H2,14,15). The predicted molar refractivity (Wildman–Crippen MR) is 64.8 cm³/mol. The summed E-state index contributed by atoms with van der Waals surface area (Å²) in [5.74, 6) is 0.960. The van der Waals surface area contributed by atoms with Crippen molar-refractivity contribution in [1.82, 2.24) is 9.88 Å². The van der Waals surface area contributed by atoms with Gasteiger partial charge >= 0.3 is 0 Å². The number of rotatable bonds is 5. The van der Waals surface area contributed by atoms with Gasteiger partial charge in [-0.3, -0.25) is 9.88 Å². The number of aromatic nitrogens is 1. The molecule has 1 heterocycles. The lowest BCUT2D eigenvalue weighted by Gasteiger charge is -2.21. The predicted octanol–water partition coefficient (Wildman–Crippen LogP) is 2.04. The molecule has 0 atom stereocenters. The Morgan fingerprint density at radius 3 is 2.75 bits per heavy atom. The molecule has 2 fully saturated rings. The molecule has 0 unspecified atom stereocenters. The largest absolute Gasteiger partial charge is 0.399 e. The Kier molecular flexibility index (Phi) is 2.56. The van der Waals surface area contributed by atoms with Gasteiger partial charge in [-0.15, -0.1) is 0 Å². The first kappa shape index (κ1) is 10.1. The lowest BCUT2D eigenvalue weighted by Crippen LogP contribution is -2.28. The average Bonchev–Trinajstić information content (AvgIpc) is 3.12. The van der Waals surface area contributed by atoms with Gasteiger partial charge in [0.25, 0.3) is 0 Å². The molecule has 1 aromatic heterocycles. The van der Waals surface area contributed by atoms with Crippen molar-refractivity contribution in [3.05, 3.63) is 24.0 Å². The molecule has 2 aliphatic rings. The maximum atomic E-state index is 5.78. The topological polar surface area (TPSA) is 42.1 Å². The van der Waals surface area contributed by atoms with Gasteiger partial charge in [0.2, 0.25) is 0 Å². The van der Waals surface area contributed by atoms with Gasteiger partial charge in [-0.1, -0.05) is 0 Å². The van der Waals surface area contributed by atoms with Gasteiger partial charge in [0, 0.05) is 31.0 Å². The highest BCUT2D eigenvalue weighted by atomic mass is 15.2. The SMILES string of the molecule is Nc1ccnc(CN(CC2CC2)C2CC2)c1. The Morgan fingerprint density at radius 1 is 1.31 bits per heavy atom. The molecule has 2 aliphatic carbocycles. The summed E-state index contributed by atoms with van der Waals surface area (Å²) < 4.78 is 0. The van der Waals surface area contributed by atoms with Crippen molar-refractivity contribution >= 4 is 5.69 Å². The smallest absolute Gasteiger partial charge is 0.0564 e. The number of hydrogen-bond acceptors (Lipinski definition) is 3. The van der Waals surface area contributed by atoms with Crippen molar-refractivity contribution in [2.75, 3.05) is 12.3 Å². The Hall–Kier alpha value is -1.09. The van der Waals surface area contributed by atoms with Gasteiger partial charge in [0.15, 0.2) is 0 Å². The highest BCUT2D eigenvalue weighted by molar-refractivity contribution is 5.37. The zero-order chi connectivity index (χ0) is 11.0. The number of anilines is 1. The number of nitrogens with two attached hydrogens (primary N) is 1. The zero-order valence-electron chi connectivity index (χ0n) is 9.60. The molecule has 0 aliphatic heterocycles. The Balaban J connectivity index is 1.65. The summed E-state index contributed by atoms with van der Waals surface area (Å²) in [6, 6.07) is 4.68. The van der Waals surface area contributed by atoms with Crippen LogP contribution in [0.2, 0.25) is 0 Å². The minimum Gasteiger partial charge on any atom is -0.399 e. The van der Waals surface area contributed by atoms with Crippen LogP contribution in [-0.2, 0) is 6.54 Å². The van der Waals surface area contributed by atoms with E-state index in [9.17, 15) is 0 Å². The van der Waals surface area contributed by atoms with Crippen LogP contribution >= 0.6 is 0 Å². The minimum absolute atomic E-state index is 0.823. The van der Waals surface area contributed by atoms with Crippen molar-refractivity contribution in [3.8, 4) is 0 Å². The first-order valence-electron chi connectivity index (χ1n) is 6.26. The first-order valence-corrected chi connectivity index (χ1v) is 6.26. The maximum Gasteiger partial charge on any atom is 0.0564 e. The monoisotopic (exact) mass is 217 g/mol. The second-order valence-corrected chi connectivity index (χ2v) is 5.18. The van der Waals surface area contributed by atoms with Crippen LogP contribution in [0.4, 0.5) is 5.69 Å². The molecule has 0 bridgehead atoms. The third-order valence-corrected chi connectivity index (χ3v) is 3.46. The molecule has 2 N–H and O–H groups in total. The molecule has 3 heteroatoms. The van der Waals surface area contributed by atoms with Gasteiger partial charge in [0.05, 0.1) is 5.69 Å². The third-order valence-electron chi connectivity index (χ3n) is 3.46. The molecule has 2 saturated carbocycles. The molecule has 1 aromatic rings. The van der Waals surface area contributed by atoms with E-state index in [4.69, 9.17) is 5.73 Å². The van der Waals surface area contributed by atoms with Crippen LogP contribution in [0.3, 0.4) is 0 Å². The van der Waals surface area contributed by atoms with Crippen molar-refractivity contribution in [3.63, 3.8) is 0 Å². The van der Waals surface area contributed by atoms with E-state index in [2.05, 4.69) is 9.88 Å². The fourth-order valence-electron chi connectivity index (χ4n) is 2.21. The number of hydrogen-bond donors (Lipinski definition) is 1. The normalized spacial score (nSPS) is 20.3. The van der Waals surface area contributed by atoms with Crippen LogP contribution in [-0.4, -0.2) is 22.5 Å². The van der Waals surface area contributed by atoms with Gasteiger partial charge in [-0.05, 0) is 43.7 Å². The molecule has 0 radical (unpaired) electrons. The summed E-state index contributed by atoms with van der Waals surface area (Å²) >= 11 is 0. The Bertz CT molecular complexity index is 369. The van der Waals surface area contributed by atoms with Crippen LogP contribution in [0, 0.1) is 5.92 Å². The molecule has 0 spiro atoms. The van der Waals surface area contributed by atoms with E-state index >= 15 is 0 Å². The Morgan fingerprint density at radius 2 is 2.12 bits per heavy atom. The van der Waals surface area contributed by atoms with Gasteiger partial charge in [-0.25, -0.2) is 0 Å². The highest BCUT2D eigenvalue weighted by Gasteiger charge is 2.33. The second-order valence-electron chi connectivity index (χ2n) is 5.18. The fraction of sp³-hybridized carbons (Fsp3) is 0.615. The average molecular weight is 217 g/mol. The number of nitrogen functional groups attached to an aromatic ring is 1. The zero-order valence-corrected chi connectivity index (χ0v) is 9.60. The molecular formula is C13H19N3. The summed E-state index contributed by atoms with van der Waals surface area (Å²) in [7, 11) is 0. The summed E-state index contributed by atoms with van der Waals surface area (Å²) in [6.45, 7) is 2.24. The van der Waals surface area contributed by atoms with Gasteiger partial charge in [0.1, 0.15) is 0 Å². The fourth-order valence-corrected chi connectivity index (χ4v) is 2.21. The van der Waals surface area contributed by atoms with Crippen molar-refractivity contribution < 1.29 is 0 Å². The van der Waals surface area contributed by atoms with E-state index in [1.165, 1.54) is 32.2 Å². The molecule has 3 rings (SSSR count). The molecule has 3 nitrogen and oxygen atoms in total. The molecule has 0 amide bonds. The van der Waals surface area contributed by atoms with Crippen molar-refractivity contribution in [2.45, 2.75) is 38.3 Å². The number of nitrogens with zero attached hydrogens (tertiary/aromatic N) is 2. The van der Waals surface area contributed by atoms with Crippen LogP contribution in [0.1, 0.15) is 31.4 Å². The van der Waals surface area contributed by atoms with Crippen LogP contribution in [0.15, 0.2) is 18.3 Å². The minimum atomic E-state index is 0.823. The van der Waals surface area contributed by atoms with E-state index in [0.717, 1.165) is 29.9 Å². The number of pyridine rings is 1. The van der Waals surface area contributed by atoms with Crippen LogP contribution < -0.4 is 5.73 Å². The van der Waals surface area contributed by atoms with Crippen LogP contribution in [0.25, 0.3) is 0 Å². The molecule has 86 valence electrons. The third kappa shape index (κ3) is 2.53. The van der Waals surface area contributed by atoms with Crippen molar-refractivity contribution in [2.24, 2.45) is 5.92 Å². The first-order chi connectivity index (χ1) is 7.81. The van der Waals surface area contributed by atoms with E-state index in [1.54, 1.807) is 0 Å². The maximum absolute atomic E-state index is 5.78. The molecule has 0 aromatic carbocycles. The molecule has 0 saturated heterocycles. The van der Waals surface area contributed by atoms with Crippen LogP contribution in [0.5, 0.6) is 0 Å². The van der Waals surface area contributed by atoms with E-state index in [1.807, 2.05) is 18.3 Å². The van der Waals surface area contributed by atoms with E-state index in [-0.39, 0.29) is 0 Å². The van der Waals surface area contributed by atoms with E-state index < -0.39 is 0 Å². The van der Waals surface area contributed by atoms with Gasteiger partial charge < -0.3 is 5.73 Å². The summed E-state index contributed by atoms with van der Waals surface area (Å²) in [4.78, 5) is 6.99. The second kappa shape index (κ2) is 4.06. The molecule has 16 heavy (non-hydrogen) atoms.